The van der Waals surface area contributed by atoms with Crippen molar-refractivity contribution in [3.63, 3.8) is 0 Å². The summed E-state index contributed by atoms with van der Waals surface area (Å²) in [7, 11) is -3.98. The third-order valence-corrected chi connectivity index (χ3v) is 7.59. The van der Waals surface area contributed by atoms with Gasteiger partial charge in [-0.1, -0.05) is 11.6 Å². The van der Waals surface area contributed by atoms with Crippen LogP contribution in [0.1, 0.15) is 34.1 Å². The predicted molar refractivity (Wildman–Crippen MR) is 116 cm³/mol. The molecular formula is C19H20ClN3O6S2. The van der Waals surface area contributed by atoms with Gasteiger partial charge in [-0.05, 0) is 56.0 Å². The van der Waals surface area contributed by atoms with Gasteiger partial charge in [0.2, 0.25) is 10.0 Å². The number of rotatable bonds is 8. The molecule has 0 saturated heterocycles. The maximum Gasteiger partial charge on any atom is 0.324 e. The number of thiophene rings is 1. The van der Waals surface area contributed by atoms with Gasteiger partial charge in [-0.15, -0.1) is 11.3 Å². The summed E-state index contributed by atoms with van der Waals surface area (Å²) in [5, 5.41) is 3.24. The minimum absolute atomic E-state index is 0.0704. The number of primary amides is 1. The highest BCUT2D eigenvalue weighted by Crippen LogP contribution is 2.38. The normalized spacial score (nSPS) is 14.0. The average Bonchev–Trinajstić information content (AvgIpc) is 3.26. The van der Waals surface area contributed by atoms with Crippen molar-refractivity contribution in [3.05, 3.63) is 45.3 Å². The van der Waals surface area contributed by atoms with Gasteiger partial charge in [-0.3, -0.25) is 14.4 Å². The van der Waals surface area contributed by atoms with Crippen LogP contribution in [0.5, 0.6) is 0 Å². The molecule has 3 rings (SSSR count). The number of hydrogen-bond donors (Lipinski definition) is 3. The number of carbonyl (C=O) groups is 3. The summed E-state index contributed by atoms with van der Waals surface area (Å²) in [5.74, 6) is -2.23. The van der Waals surface area contributed by atoms with Crippen molar-refractivity contribution in [2.75, 3.05) is 11.9 Å². The van der Waals surface area contributed by atoms with Crippen molar-refractivity contribution in [1.29, 1.82) is 0 Å². The highest BCUT2D eigenvalue weighted by atomic mass is 35.5. The van der Waals surface area contributed by atoms with Crippen LogP contribution in [0, 0.1) is 0 Å². The Kier molecular flexibility index (Phi) is 6.99. The van der Waals surface area contributed by atoms with Gasteiger partial charge >= 0.3 is 5.97 Å². The van der Waals surface area contributed by atoms with E-state index in [1.807, 2.05) is 0 Å². The third-order valence-electron chi connectivity index (χ3n) is 4.58. The Morgan fingerprint density at radius 1 is 1.23 bits per heavy atom. The van der Waals surface area contributed by atoms with E-state index in [1.165, 1.54) is 42.5 Å². The molecule has 4 N–H and O–H groups in total. The first-order chi connectivity index (χ1) is 14.6. The number of fused-ring (bicyclic) bond motifs is 1. The van der Waals surface area contributed by atoms with Crippen LogP contribution in [-0.2, 0) is 37.2 Å². The molecule has 1 heterocycles. The summed E-state index contributed by atoms with van der Waals surface area (Å²) in [6.07, 6.45) is 2.47. The van der Waals surface area contributed by atoms with E-state index in [4.69, 9.17) is 22.1 Å². The van der Waals surface area contributed by atoms with Crippen LogP contribution >= 0.6 is 22.9 Å². The van der Waals surface area contributed by atoms with Crippen LogP contribution in [0.3, 0.4) is 0 Å². The van der Waals surface area contributed by atoms with Crippen LogP contribution in [0.2, 0.25) is 5.02 Å². The molecular weight excluding hydrogens is 466 g/mol. The molecule has 1 aromatic heterocycles. The summed E-state index contributed by atoms with van der Waals surface area (Å²) >= 11 is 7.02. The lowest BCUT2D eigenvalue weighted by atomic mass is 10.1. The quantitative estimate of drug-likeness (QED) is 0.486. The zero-order chi connectivity index (χ0) is 22.8. The number of anilines is 1. The maximum absolute atomic E-state index is 12.3. The van der Waals surface area contributed by atoms with Crippen molar-refractivity contribution in [2.45, 2.75) is 37.1 Å². The van der Waals surface area contributed by atoms with E-state index >= 15 is 0 Å². The van der Waals surface area contributed by atoms with Gasteiger partial charge in [-0.25, -0.2) is 8.42 Å². The fourth-order valence-electron chi connectivity index (χ4n) is 3.14. The lowest BCUT2D eigenvalue weighted by Gasteiger charge is -2.14. The summed E-state index contributed by atoms with van der Waals surface area (Å²) in [6.45, 7) is 0.648. The van der Waals surface area contributed by atoms with Gasteiger partial charge in [0.05, 0.1) is 10.5 Å². The molecule has 0 radical (unpaired) electrons. The van der Waals surface area contributed by atoms with Gasteiger partial charge in [0, 0.05) is 9.90 Å². The van der Waals surface area contributed by atoms with Crippen molar-refractivity contribution < 1.29 is 27.5 Å². The SMILES string of the molecule is C[C@H](NS(=O)(=O)c1ccc(Cl)cc1)C(=O)OCC(=O)Nc1sc2c(c1C(N)=O)CCC2. The number of amides is 2. The van der Waals surface area contributed by atoms with Crippen LogP contribution in [0.15, 0.2) is 29.2 Å². The molecule has 12 heteroatoms. The highest BCUT2D eigenvalue weighted by Gasteiger charge is 2.27. The number of nitrogens with two attached hydrogens (primary N) is 1. The molecule has 1 atom stereocenters. The second-order valence-electron chi connectivity index (χ2n) is 6.88. The first-order valence-corrected chi connectivity index (χ1v) is 11.9. The molecule has 2 aromatic rings. The molecule has 9 nitrogen and oxygen atoms in total. The molecule has 0 fully saturated rings. The third kappa shape index (κ3) is 5.42. The fourth-order valence-corrected chi connectivity index (χ4v) is 5.77. The molecule has 0 unspecified atom stereocenters. The standard InChI is InChI=1S/C19H20ClN3O6S2/c1-10(23-31(27,28)12-7-5-11(20)6-8-12)19(26)29-9-15(24)22-18-16(17(21)25)13-3-2-4-14(13)30-18/h5-8,10,23H,2-4,9H2,1H3,(H2,21,25)(H,22,24)/t10-/m0/s1. The van der Waals surface area contributed by atoms with Crippen LogP contribution in [0.25, 0.3) is 0 Å². The van der Waals surface area contributed by atoms with Crippen molar-refractivity contribution in [1.82, 2.24) is 4.72 Å². The number of sulfonamides is 1. The molecule has 0 aliphatic heterocycles. The van der Waals surface area contributed by atoms with E-state index in [9.17, 15) is 22.8 Å². The molecule has 1 aliphatic carbocycles. The van der Waals surface area contributed by atoms with Crippen LogP contribution < -0.4 is 15.8 Å². The molecule has 2 amide bonds. The number of hydrogen-bond acceptors (Lipinski definition) is 7. The van der Waals surface area contributed by atoms with Gasteiger partial charge < -0.3 is 15.8 Å². The fraction of sp³-hybridized carbons (Fsp3) is 0.316. The summed E-state index contributed by atoms with van der Waals surface area (Å²) in [4.78, 5) is 37.0. The lowest BCUT2D eigenvalue weighted by molar-refractivity contribution is -0.148. The molecule has 31 heavy (non-hydrogen) atoms. The minimum Gasteiger partial charge on any atom is -0.454 e. The smallest absolute Gasteiger partial charge is 0.324 e. The predicted octanol–water partition coefficient (Wildman–Crippen LogP) is 1.84. The molecule has 0 bridgehead atoms. The largest absolute Gasteiger partial charge is 0.454 e. The molecule has 1 aromatic carbocycles. The number of carbonyl (C=O) groups excluding carboxylic acids is 3. The number of halogens is 1. The van der Waals surface area contributed by atoms with Crippen molar-refractivity contribution in [3.8, 4) is 0 Å². The molecule has 0 saturated carbocycles. The zero-order valence-electron chi connectivity index (χ0n) is 16.4. The van der Waals surface area contributed by atoms with E-state index in [0.717, 1.165) is 29.7 Å². The number of nitrogens with one attached hydrogen (secondary N) is 2. The second-order valence-corrected chi connectivity index (χ2v) is 10.1. The van der Waals surface area contributed by atoms with E-state index in [2.05, 4.69) is 10.0 Å². The van der Waals surface area contributed by atoms with E-state index in [0.29, 0.717) is 15.6 Å². The highest BCUT2D eigenvalue weighted by molar-refractivity contribution is 7.89. The van der Waals surface area contributed by atoms with Crippen LogP contribution in [-0.4, -0.2) is 38.9 Å². The van der Waals surface area contributed by atoms with Crippen LogP contribution in [0.4, 0.5) is 5.00 Å². The minimum atomic E-state index is -3.98. The Morgan fingerprint density at radius 3 is 2.55 bits per heavy atom. The average molecular weight is 486 g/mol. The van der Waals surface area contributed by atoms with Gasteiger partial charge in [0.1, 0.15) is 11.0 Å². The van der Waals surface area contributed by atoms with Gasteiger partial charge in [-0.2, -0.15) is 4.72 Å². The Labute approximate surface area is 188 Å². The Balaban J connectivity index is 1.56. The second kappa shape index (κ2) is 9.35. The maximum atomic E-state index is 12.3. The summed E-state index contributed by atoms with van der Waals surface area (Å²) in [6, 6.07) is 4.17. The monoisotopic (exact) mass is 485 g/mol. The zero-order valence-corrected chi connectivity index (χ0v) is 18.8. The number of benzene rings is 1. The molecule has 166 valence electrons. The van der Waals surface area contributed by atoms with Gasteiger partial charge in [0.15, 0.2) is 6.61 Å². The van der Waals surface area contributed by atoms with E-state index in [-0.39, 0.29) is 4.90 Å². The lowest BCUT2D eigenvalue weighted by Crippen LogP contribution is -2.40. The Bertz CT molecular complexity index is 1130. The molecule has 1 aliphatic rings. The summed E-state index contributed by atoms with van der Waals surface area (Å²) in [5.41, 5.74) is 6.59. The first-order valence-electron chi connectivity index (χ1n) is 9.27. The number of ether oxygens (including phenoxy) is 1. The Morgan fingerprint density at radius 2 is 1.90 bits per heavy atom. The van der Waals surface area contributed by atoms with Gasteiger partial charge in [0.25, 0.3) is 11.8 Å². The van der Waals surface area contributed by atoms with Crippen molar-refractivity contribution in [2.24, 2.45) is 5.73 Å². The Hall–Kier alpha value is -2.47. The summed E-state index contributed by atoms with van der Waals surface area (Å²) < 4.78 is 31.7. The molecule has 0 spiro atoms. The van der Waals surface area contributed by atoms with E-state index in [1.54, 1.807) is 0 Å². The van der Waals surface area contributed by atoms with E-state index < -0.39 is 40.5 Å². The first kappa shape index (κ1) is 23.2. The number of aryl methyl sites for hydroxylation is 1. The van der Waals surface area contributed by atoms with Crippen molar-refractivity contribution >= 4 is 55.7 Å². The number of esters is 1. The topological polar surface area (TPSA) is 145 Å².